The number of fused-ring (bicyclic) bond motifs is 1. The van der Waals surface area contributed by atoms with Gasteiger partial charge in [0.05, 0.1) is 0 Å². The summed E-state index contributed by atoms with van der Waals surface area (Å²) in [6.45, 7) is 3.20. The lowest BCUT2D eigenvalue weighted by atomic mass is 9.92. The molecular formula is C19H24N4O. The van der Waals surface area contributed by atoms with Crippen molar-refractivity contribution in [1.82, 2.24) is 14.9 Å². The molecule has 1 saturated carbocycles. The molecule has 1 amide bonds. The summed E-state index contributed by atoms with van der Waals surface area (Å²) in [4.78, 5) is 22.3. The largest absolute Gasteiger partial charge is 0.346 e. The second kappa shape index (κ2) is 6.06. The van der Waals surface area contributed by atoms with Gasteiger partial charge >= 0.3 is 0 Å². The van der Waals surface area contributed by atoms with Gasteiger partial charge in [0.25, 0.3) is 0 Å². The predicted molar refractivity (Wildman–Crippen MR) is 96.8 cm³/mol. The Morgan fingerprint density at radius 2 is 2.29 bits per heavy atom. The Morgan fingerprint density at radius 3 is 3.04 bits per heavy atom. The number of rotatable bonds is 4. The van der Waals surface area contributed by atoms with Crippen LogP contribution in [0.3, 0.4) is 0 Å². The van der Waals surface area contributed by atoms with Crippen LogP contribution in [0.15, 0.2) is 24.4 Å². The van der Waals surface area contributed by atoms with E-state index in [1.165, 1.54) is 11.1 Å². The summed E-state index contributed by atoms with van der Waals surface area (Å²) in [5.74, 6) is 0.939. The third kappa shape index (κ3) is 2.84. The predicted octanol–water partition coefficient (Wildman–Crippen LogP) is 3.41. The number of amides is 1. The first-order valence-electron chi connectivity index (χ1n) is 8.84. The number of carbonyl (C=O) groups excluding carboxylic acids is 1. The van der Waals surface area contributed by atoms with E-state index < -0.39 is 0 Å². The molecule has 2 aliphatic rings. The van der Waals surface area contributed by atoms with Crippen molar-refractivity contribution >= 4 is 28.3 Å². The normalized spacial score (nSPS) is 21.8. The standard InChI is InChI=1S/C19H24N4O/c1-3-14-10-13(7-9-23(14)2)16-11-17(22-19(24)12-4-5-12)21-18-15(16)6-8-20-18/h6-8,11-12,14H,3-5,9-10H2,1-2H3,(H2,20,21,22,24)/t14-/m1/s1. The summed E-state index contributed by atoms with van der Waals surface area (Å²) in [5.41, 5.74) is 3.39. The molecule has 24 heavy (non-hydrogen) atoms. The van der Waals surface area contributed by atoms with Crippen molar-refractivity contribution in [2.45, 2.75) is 38.6 Å². The van der Waals surface area contributed by atoms with Crippen molar-refractivity contribution in [2.75, 3.05) is 18.9 Å². The minimum atomic E-state index is 0.100. The lowest BCUT2D eigenvalue weighted by Gasteiger charge is -2.32. The van der Waals surface area contributed by atoms with Gasteiger partial charge in [0.15, 0.2) is 0 Å². The molecular weight excluding hydrogens is 300 g/mol. The Kier molecular flexibility index (Phi) is 3.88. The zero-order chi connectivity index (χ0) is 16.7. The van der Waals surface area contributed by atoms with Gasteiger partial charge in [0.2, 0.25) is 5.91 Å². The highest BCUT2D eigenvalue weighted by molar-refractivity contribution is 5.97. The molecule has 2 aromatic heterocycles. The molecule has 126 valence electrons. The van der Waals surface area contributed by atoms with Crippen LogP contribution in [-0.2, 0) is 4.79 Å². The Labute approximate surface area is 142 Å². The minimum absolute atomic E-state index is 0.100. The molecule has 0 aromatic carbocycles. The van der Waals surface area contributed by atoms with Crippen LogP contribution >= 0.6 is 0 Å². The third-order valence-electron chi connectivity index (χ3n) is 5.25. The van der Waals surface area contributed by atoms with Gasteiger partial charge in [-0.25, -0.2) is 4.98 Å². The summed E-state index contributed by atoms with van der Waals surface area (Å²) < 4.78 is 0. The molecule has 3 heterocycles. The summed E-state index contributed by atoms with van der Waals surface area (Å²) in [6, 6.07) is 4.68. The second-order valence-electron chi connectivity index (χ2n) is 6.99. The lowest BCUT2D eigenvalue weighted by molar-refractivity contribution is -0.117. The number of aromatic nitrogens is 2. The highest BCUT2D eigenvalue weighted by atomic mass is 16.2. The molecule has 0 saturated heterocycles. The van der Waals surface area contributed by atoms with Crippen molar-refractivity contribution in [1.29, 1.82) is 0 Å². The Bertz CT molecular complexity index is 803. The number of carbonyl (C=O) groups is 1. The van der Waals surface area contributed by atoms with E-state index in [9.17, 15) is 4.79 Å². The minimum Gasteiger partial charge on any atom is -0.346 e. The molecule has 1 aliphatic carbocycles. The van der Waals surface area contributed by atoms with E-state index in [0.717, 1.165) is 43.3 Å². The second-order valence-corrected chi connectivity index (χ2v) is 6.99. The average Bonchev–Trinajstić information content (AvgIpc) is 3.33. The molecule has 1 aliphatic heterocycles. The maximum atomic E-state index is 12.1. The fourth-order valence-corrected chi connectivity index (χ4v) is 3.51. The quantitative estimate of drug-likeness (QED) is 0.906. The zero-order valence-corrected chi connectivity index (χ0v) is 14.3. The molecule has 5 heteroatoms. The van der Waals surface area contributed by atoms with Gasteiger partial charge in [-0.3, -0.25) is 9.69 Å². The number of anilines is 1. The summed E-state index contributed by atoms with van der Waals surface area (Å²) in [6.07, 6.45) is 8.40. The molecule has 0 unspecified atom stereocenters. The van der Waals surface area contributed by atoms with Crippen LogP contribution in [0.25, 0.3) is 16.6 Å². The topological polar surface area (TPSA) is 61.0 Å². The molecule has 0 spiro atoms. The van der Waals surface area contributed by atoms with Crippen LogP contribution in [0.5, 0.6) is 0 Å². The first kappa shape index (κ1) is 15.4. The number of nitrogens with zero attached hydrogens (tertiary/aromatic N) is 2. The van der Waals surface area contributed by atoms with Crippen LogP contribution in [-0.4, -0.2) is 40.4 Å². The SMILES string of the molecule is CC[C@@H]1CC(c2cc(NC(=O)C3CC3)nc3[nH]ccc23)=CCN1C. The number of hydrogen-bond donors (Lipinski definition) is 2. The number of likely N-dealkylation sites (N-methyl/N-ethyl adjacent to an activating group) is 1. The van der Waals surface area contributed by atoms with Crippen LogP contribution in [0, 0.1) is 5.92 Å². The van der Waals surface area contributed by atoms with E-state index in [1.807, 2.05) is 12.3 Å². The van der Waals surface area contributed by atoms with Crippen LogP contribution < -0.4 is 5.32 Å². The smallest absolute Gasteiger partial charge is 0.228 e. The maximum absolute atomic E-state index is 12.1. The Morgan fingerprint density at radius 1 is 1.46 bits per heavy atom. The number of H-pyrrole nitrogens is 1. The Balaban J connectivity index is 1.70. The third-order valence-corrected chi connectivity index (χ3v) is 5.25. The van der Waals surface area contributed by atoms with Crippen molar-refractivity contribution < 1.29 is 4.79 Å². The molecule has 1 fully saturated rings. The number of nitrogens with one attached hydrogen (secondary N) is 2. The molecule has 1 atom stereocenters. The lowest BCUT2D eigenvalue weighted by Crippen LogP contribution is -2.34. The number of hydrogen-bond acceptors (Lipinski definition) is 3. The van der Waals surface area contributed by atoms with Crippen molar-refractivity contribution in [3.63, 3.8) is 0 Å². The molecule has 2 aromatic rings. The average molecular weight is 324 g/mol. The fourth-order valence-electron chi connectivity index (χ4n) is 3.51. The van der Waals surface area contributed by atoms with Crippen LogP contribution in [0.2, 0.25) is 0 Å². The van der Waals surface area contributed by atoms with E-state index in [0.29, 0.717) is 11.9 Å². The van der Waals surface area contributed by atoms with E-state index in [1.54, 1.807) is 0 Å². The van der Waals surface area contributed by atoms with Crippen LogP contribution in [0.1, 0.15) is 38.2 Å². The first-order valence-corrected chi connectivity index (χ1v) is 8.84. The number of pyridine rings is 1. The molecule has 4 rings (SSSR count). The van der Waals surface area contributed by atoms with E-state index in [2.05, 4.69) is 46.3 Å². The van der Waals surface area contributed by atoms with Crippen molar-refractivity contribution in [3.8, 4) is 0 Å². The van der Waals surface area contributed by atoms with Crippen molar-refractivity contribution in [2.24, 2.45) is 5.92 Å². The van der Waals surface area contributed by atoms with Gasteiger partial charge in [0.1, 0.15) is 11.5 Å². The zero-order valence-electron chi connectivity index (χ0n) is 14.3. The molecule has 5 nitrogen and oxygen atoms in total. The number of aromatic amines is 1. The van der Waals surface area contributed by atoms with Gasteiger partial charge in [-0.15, -0.1) is 0 Å². The monoisotopic (exact) mass is 324 g/mol. The van der Waals surface area contributed by atoms with Gasteiger partial charge in [-0.1, -0.05) is 13.0 Å². The highest BCUT2D eigenvalue weighted by Gasteiger charge is 2.30. The van der Waals surface area contributed by atoms with E-state index >= 15 is 0 Å². The van der Waals surface area contributed by atoms with Gasteiger partial charge < -0.3 is 10.3 Å². The van der Waals surface area contributed by atoms with Gasteiger partial charge in [0, 0.05) is 30.1 Å². The van der Waals surface area contributed by atoms with E-state index in [-0.39, 0.29) is 11.8 Å². The molecule has 2 N–H and O–H groups in total. The maximum Gasteiger partial charge on any atom is 0.228 e. The van der Waals surface area contributed by atoms with E-state index in [4.69, 9.17) is 0 Å². The summed E-state index contributed by atoms with van der Waals surface area (Å²) >= 11 is 0. The molecule has 0 bridgehead atoms. The summed E-state index contributed by atoms with van der Waals surface area (Å²) in [5, 5.41) is 4.12. The van der Waals surface area contributed by atoms with Gasteiger partial charge in [-0.2, -0.15) is 0 Å². The first-order chi connectivity index (χ1) is 11.7. The van der Waals surface area contributed by atoms with Crippen LogP contribution in [0.4, 0.5) is 5.82 Å². The fraction of sp³-hybridized carbons (Fsp3) is 0.474. The van der Waals surface area contributed by atoms with Crippen molar-refractivity contribution in [3.05, 3.63) is 30.0 Å². The van der Waals surface area contributed by atoms with Gasteiger partial charge in [-0.05, 0) is 56.0 Å². The summed E-state index contributed by atoms with van der Waals surface area (Å²) in [7, 11) is 2.18. The Hall–Kier alpha value is -2.14. The highest BCUT2D eigenvalue weighted by Crippen LogP contribution is 2.34. The molecule has 0 radical (unpaired) electrons.